The number of aliphatic hydroxyl groups excluding tert-OH is 1. The molecule has 1 unspecified atom stereocenters. The lowest BCUT2D eigenvalue weighted by molar-refractivity contribution is 0.211. The first kappa shape index (κ1) is 13.8. The molecule has 1 aromatic heterocycles. The van der Waals surface area contributed by atoms with Crippen molar-refractivity contribution in [1.82, 2.24) is 10.1 Å². The average Bonchev–Trinajstić information content (AvgIpc) is 2.94. The van der Waals surface area contributed by atoms with Crippen molar-refractivity contribution in [1.29, 1.82) is 0 Å². The topological polar surface area (TPSA) is 71.2 Å². The fourth-order valence-corrected chi connectivity index (χ4v) is 1.68. The summed E-state index contributed by atoms with van der Waals surface area (Å²) in [5.74, 6) is 1.39. The molecule has 102 valence electrons. The number of aromatic nitrogens is 2. The van der Waals surface area contributed by atoms with Crippen molar-refractivity contribution < 1.29 is 9.63 Å². The van der Waals surface area contributed by atoms with E-state index in [4.69, 9.17) is 16.1 Å². The second kappa shape index (κ2) is 6.54. The molecule has 2 rings (SSSR count). The van der Waals surface area contributed by atoms with Gasteiger partial charge in [0.1, 0.15) is 0 Å². The molecule has 0 saturated carbocycles. The lowest BCUT2D eigenvalue weighted by Crippen LogP contribution is -2.20. The van der Waals surface area contributed by atoms with Crippen molar-refractivity contribution in [2.24, 2.45) is 0 Å². The van der Waals surface area contributed by atoms with Crippen LogP contribution in [0.1, 0.15) is 12.7 Å². The number of benzene rings is 1. The van der Waals surface area contributed by atoms with Gasteiger partial charge in [0.25, 0.3) is 5.89 Å². The molecule has 0 bridgehead atoms. The fourth-order valence-electron chi connectivity index (χ4n) is 1.57. The molecule has 0 fully saturated rings. The van der Waals surface area contributed by atoms with Crippen molar-refractivity contribution >= 4 is 17.3 Å². The Kier molecular flexibility index (Phi) is 4.76. The Labute approximate surface area is 116 Å². The predicted molar refractivity (Wildman–Crippen MR) is 74.3 cm³/mol. The van der Waals surface area contributed by atoms with Gasteiger partial charge in [-0.1, -0.05) is 18.1 Å². The molecule has 0 aliphatic carbocycles. The van der Waals surface area contributed by atoms with Gasteiger partial charge in [0.2, 0.25) is 0 Å². The predicted octanol–water partition coefficient (Wildman–Crippen LogP) is 2.31. The van der Waals surface area contributed by atoms with E-state index in [1.165, 1.54) is 0 Å². The van der Waals surface area contributed by atoms with Gasteiger partial charge in [0.05, 0.1) is 12.0 Å². The van der Waals surface area contributed by atoms with Crippen LogP contribution in [0, 0.1) is 0 Å². The van der Waals surface area contributed by atoms with E-state index in [1.807, 2.05) is 31.2 Å². The summed E-state index contributed by atoms with van der Waals surface area (Å²) in [6.45, 7) is 2.37. The third-order valence-corrected chi connectivity index (χ3v) is 2.97. The maximum Gasteiger partial charge on any atom is 0.257 e. The molecule has 0 spiro atoms. The van der Waals surface area contributed by atoms with E-state index in [-0.39, 0.29) is 5.88 Å². The van der Waals surface area contributed by atoms with Crippen LogP contribution in [0.3, 0.4) is 0 Å². The summed E-state index contributed by atoms with van der Waals surface area (Å²) < 4.78 is 5.18. The summed E-state index contributed by atoms with van der Waals surface area (Å²) in [5.41, 5.74) is 1.72. The molecule has 1 aromatic carbocycles. The molecule has 0 aliphatic rings. The highest BCUT2D eigenvalue weighted by Gasteiger charge is 2.08. The first-order chi connectivity index (χ1) is 9.22. The Balaban J connectivity index is 2.10. The van der Waals surface area contributed by atoms with Crippen molar-refractivity contribution in [3.05, 3.63) is 30.1 Å². The SMILES string of the molecule is CCc1noc(-c2cccc(NCC(O)CCl)c2)n1. The van der Waals surface area contributed by atoms with E-state index in [2.05, 4.69) is 15.5 Å². The Morgan fingerprint density at radius 1 is 1.47 bits per heavy atom. The van der Waals surface area contributed by atoms with Crippen LogP contribution in [0.15, 0.2) is 28.8 Å². The van der Waals surface area contributed by atoms with Crippen LogP contribution in [-0.2, 0) is 6.42 Å². The lowest BCUT2D eigenvalue weighted by atomic mass is 10.2. The van der Waals surface area contributed by atoms with Gasteiger partial charge in [-0.15, -0.1) is 11.6 Å². The Morgan fingerprint density at radius 3 is 3.00 bits per heavy atom. The molecule has 0 aliphatic heterocycles. The highest BCUT2D eigenvalue weighted by molar-refractivity contribution is 6.18. The van der Waals surface area contributed by atoms with Gasteiger partial charge in [0.15, 0.2) is 5.82 Å². The fraction of sp³-hybridized carbons (Fsp3) is 0.385. The van der Waals surface area contributed by atoms with Crippen LogP contribution in [0.25, 0.3) is 11.5 Å². The maximum atomic E-state index is 9.41. The number of anilines is 1. The molecule has 2 N–H and O–H groups in total. The molecule has 1 atom stereocenters. The van der Waals surface area contributed by atoms with Gasteiger partial charge in [-0.25, -0.2) is 0 Å². The summed E-state index contributed by atoms with van der Waals surface area (Å²) in [7, 11) is 0. The maximum absolute atomic E-state index is 9.41. The Hall–Kier alpha value is -1.59. The van der Waals surface area contributed by atoms with Crippen molar-refractivity contribution in [2.45, 2.75) is 19.4 Å². The van der Waals surface area contributed by atoms with Crippen LogP contribution in [-0.4, -0.2) is 33.8 Å². The molecule has 1 heterocycles. The van der Waals surface area contributed by atoms with Gasteiger partial charge in [-0.2, -0.15) is 4.98 Å². The van der Waals surface area contributed by atoms with Crippen molar-refractivity contribution in [3.8, 4) is 11.5 Å². The van der Waals surface area contributed by atoms with Gasteiger partial charge in [0, 0.05) is 24.2 Å². The molecule has 5 nitrogen and oxygen atoms in total. The van der Waals surface area contributed by atoms with Crippen LogP contribution in [0.4, 0.5) is 5.69 Å². The molecule has 0 radical (unpaired) electrons. The van der Waals surface area contributed by atoms with Crippen LogP contribution in [0.2, 0.25) is 0 Å². The number of hydrogen-bond donors (Lipinski definition) is 2. The second-order valence-corrected chi connectivity index (χ2v) is 4.45. The van der Waals surface area contributed by atoms with Gasteiger partial charge in [-0.05, 0) is 18.2 Å². The number of nitrogens with one attached hydrogen (secondary N) is 1. The van der Waals surface area contributed by atoms with Crippen LogP contribution in [0.5, 0.6) is 0 Å². The quantitative estimate of drug-likeness (QED) is 0.795. The van der Waals surface area contributed by atoms with Gasteiger partial charge >= 0.3 is 0 Å². The van der Waals surface area contributed by atoms with E-state index in [1.54, 1.807) is 0 Å². The first-order valence-electron chi connectivity index (χ1n) is 6.14. The molecule has 2 aromatic rings. The molecular weight excluding hydrogens is 266 g/mol. The smallest absolute Gasteiger partial charge is 0.257 e. The number of alkyl halides is 1. The summed E-state index contributed by atoms with van der Waals surface area (Å²) in [6, 6.07) is 7.59. The normalized spacial score (nSPS) is 12.4. The Bertz CT molecular complexity index is 530. The minimum Gasteiger partial charge on any atom is -0.390 e. The second-order valence-electron chi connectivity index (χ2n) is 4.14. The lowest BCUT2D eigenvalue weighted by Gasteiger charge is -2.10. The third-order valence-electron chi connectivity index (χ3n) is 2.61. The van der Waals surface area contributed by atoms with Gasteiger partial charge < -0.3 is 14.9 Å². The highest BCUT2D eigenvalue weighted by atomic mass is 35.5. The summed E-state index contributed by atoms with van der Waals surface area (Å²) in [4.78, 5) is 4.28. The average molecular weight is 282 g/mol. The summed E-state index contributed by atoms with van der Waals surface area (Å²) in [5, 5.41) is 16.4. The van der Waals surface area contributed by atoms with Crippen molar-refractivity contribution in [3.63, 3.8) is 0 Å². The summed E-state index contributed by atoms with van der Waals surface area (Å²) in [6.07, 6.45) is 0.170. The largest absolute Gasteiger partial charge is 0.390 e. The summed E-state index contributed by atoms with van der Waals surface area (Å²) >= 11 is 5.54. The minimum absolute atomic E-state index is 0.205. The zero-order chi connectivity index (χ0) is 13.7. The van der Waals surface area contributed by atoms with E-state index in [9.17, 15) is 5.11 Å². The monoisotopic (exact) mass is 281 g/mol. The number of hydrogen-bond acceptors (Lipinski definition) is 5. The minimum atomic E-state index is -0.569. The van der Waals surface area contributed by atoms with Crippen molar-refractivity contribution in [2.75, 3.05) is 17.7 Å². The standard InChI is InChI=1S/C13H16ClN3O2/c1-2-12-16-13(19-17-12)9-4-3-5-10(6-9)15-8-11(18)7-14/h3-6,11,15,18H,2,7-8H2,1H3. The molecule has 19 heavy (non-hydrogen) atoms. The zero-order valence-corrected chi connectivity index (χ0v) is 11.4. The number of aliphatic hydroxyl groups is 1. The van der Waals surface area contributed by atoms with Gasteiger partial charge in [-0.3, -0.25) is 0 Å². The highest BCUT2D eigenvalue weighted by Crippen LogP contribution is 2.21. The number of nitrogens with zero attached hydrogens (tertiary/aromatic N) is 2. The number of aryl methyl sites for hydroxylation is 1. The Morgan fingerprint density at radius 2 is 2.32 bits per heavy atom. The van der Waals surface area contributed by atoms with E-state index in [0.29, 0.717) is 18.3 Å². The zero-order valence-electron chi connectivity index (χ0n) is 10.6. The molecular formula is C13H16ClN3O2. The molecule has 0 saturated heterocycles. The van der Waals surface area contributed by atoms with E-state index >= 15 is 0 Å². The molecule has 0 amide bonds. The van der Waals surface area contributed by atoms with E-state index < -0.39 is 6.10 Å². The van der Waals surface area contributed by atoms with E-state index in [0.717, 1.165) is 17.7 Å². The molecule has 6 heteroatoms. The number of rotatable bonds is 6. The van der Waals surface area contributed by atoms with Crippen LogP contribution >= 0.6 is 11.6 Å². The number of halogens is 1. The van der Waals surface area contributed by atoms with Crippen LogP contribution < -0.4 is 5.32 Å². The first-order valence-corrected chi connectivity index (χ1v) is 6.67. The third kappa shape index (κ3) is 3.68.